The number of anilines is 1. The first kappa shape index (κ1) is 26.2. The lowest BCUT2D eigenvalue weighted by atomic mass is 10.0. The quantitative estimate of drug-likeness (QED) is 0.207. The molecule has 0 fully saturated rings. The Labute approximate surface area is 230 Å². The summed E-state index contributed by atoms with van der Waals surface area (Å²) in [5, 5.41) is 5.60. The van der Waals surface area contributed by atoms with Gasteiger partial charge in [0.1, 0.15) is 25.0 Å². The second-order valence-corrected chi connectivity index (χ2v) is 9.62. The zero-order valence-electron chi connectivity index (χ0n) is 20.1. The molecule has 0 radical (unpaired) electrons. The highest BCUT2D eigenvalue weighted by Crippen LogP contribution is 2.17. The van der Waals surface area contributed by atoms with Crippen molar-refractivity contribution in [3.63, 3.8) is 0 Å². The van der Waals surface area contributed by atoms with Gasteiger partial charge < -0.3 is 20.1 Å². The number of carbonyl (C=O) groups excluding carboxylic acids is 2. The van der Waals surface area contributed by atoms with Crippen molar-refractivity contribution in [1.82, 2.24) is 5.32 Å². The normalized spacial score (nSPS) is 11.3. The second-order valence-electron chi connectivity index (χ2n) is 8.38. The maximum absolute atomic E-state index is 13.1. The summed E-state index contributed by atoms with van der Waals surface area (Å²) in [7, 11) is 0. The molecule has 0 aromatic heterocycles. The van der Waals surface area contributed by atoms with E-state index in [4.69, 9.17) is 9.47 Å². The summed E-state index contributed by atoms with van der Waals surface area (Å²) < 4.78 is 12.3. The van der Waals surface area contributed by atoms with Crippen LogP contribution in [0.1, 0.15) is 16.7 Å². The molecule has 4 aromatic carbocycles. The number of alkyl carbamates (subject to hydrolysis) is 1. The fraction of sp³-hybridized carbons (Fsp3) is 0.133. The van der Waals surface area contributed by atoms with E-state index in [9.17, 15) is 9.59 Å². The largest absolute Gasteiger partial charge is 0.489 e. The van der Waals surface area contributed by atoms with Crippen LogP contribution in [0.5, 0.6) is 5.75 Å². The first-order valence-corrected chi connectivity index (χ1v) is 12.9. The van der Waals surface area contributed by atoms with Gasteiger partial charge in [-0.05, 0) is 75.7 Å². The van der Waals surface area contributed by atoms with Gasteiger partial charge in [-0.2, -0.15) is 0 Å². The highest BCUT2D eigenvalue weighted by Gasteiger charge is 2.22. The number of carbonyl (C=O) groups is 2. The predicted octanol–water partition coefficient (Wildman–Crippen LogP) is 6.35. The monoisotopic (exact) mass is 606 g/mol. The molecule has 0 unspecified atom stereocenters. The van der Waals surface area contributed by atoms with Crippen LogP contribution in [0.2, 0.25) is 0 Å². The lowest BCUT2D eigenvalue weighted by molar-refractivity contribution is -0.118. The number of halogens is 1. The molecule has 4 aromatic rings. The molecule has 0 aliphatic carbocycles. The molecular formula is C30H27IN2O4. The van der Waals surface area contributed by atoms with Crippen LogP contribution < -0.4 is 15.4 Å². The van der Waals surface area contributed by atoms with Gasteiger partial charge in [-0.25, -0.2) is 4.79 Å². The Hall–Kier alpha value is -3.85. The molecule has 0 aliphatic heterocycles. The van der Waals surface area contributed by atoms with Crippen molar-refractivity contribution in [2.24, 2.45) is 0 Å². The molecule has 0 saturated heterocycles. The van der Waals surface area contributed by atoms with E-state index >= 15 is 0 Å². The summed E-state index contributed by atoms with van der Waals surface area (Å²) in [5.41, 5.74) is 3.47. The Bertz CT molecular complexity index is 1280. The SMILES string of the molecule is O=C(N[C@@H](Cc1ccc(OCc2ccccc2)cc1)C(=O)Nc1ccc(I)cc1)OCc1ccccc1. The number of ether oxygens (including phenoxy) is 2. The Kier molecular flexibility index (Phi) is 9.54. The summed E-state index contributed by atoms with van der Waals surface area (Å²) in [4.78, 5) is 25.7. The van der Waals surface area contributed by atoms with Crippen molar-refractivity contribution >= 4 is 40.3 Å². The van der Waals surface area contributed by atoms with Gasteiger partial charge in [0.25, 0.3) is 0 Å². The number of hydrogen-bond acceptors (Lipinski definition) is 4. The Morgan fingerprint density at radius 2 is 1.30 bits per heavy atom. The van der Waals surface area contributed by atoms with Gasteiger partial charge in [-0.15, -0.1) is 0 Å². The van der Waals surface area contributed by atoms with Gasteiger partial charge in [0.05, 0.1) is 0 Å². The summed E-state index contributed by atoms with van der Waals surface area (Å²) in [6, 6.07) is 33.4. The highest BCUT2D eigenvalue weighted by molar-refractivity contribution is 14.1. The first-order chi connectivity index (χ1) is 18.0. The molecule has 0 heterocycles. The van der Waals surface area contributed by atoms with Crippen molar-refractivity contribution in [1.29, 1.82) is 0 Å². The fourth-order valence-corrected chi connectivity index (χ4v) is 3.94. The molecule has 188 valence electrons. The number of rotatable bonds is 10. The van der Waals surface area contributed by atoms with Crippen molar-refractivity contribution in [2.45, 2.75) is 25.7 Å². The number of amides is 2. The summed E-state index contributed by atoms with van der Waals surface area (Å²) >= 11 is 2.20. The van der Waals surface area contributed by atoms with Crippen LogP contribution in [0.3, 0.4) is 0 Å². The topological polar surface area (TPSA) is 76.7 Å². The van der Waals surface area contributed by atoms with E-state index in [1.54, 1.807) is 0 Å². The second kappa shape index (κ2) is 13.5. The summed E-state index contributed by atoms with van der Waals surface area (Å²) in [6.45, 7) is 0.585. The van der Waals surface area contributed by atoms with Crippen LogP contribution in [-0.2, 0) is 29.2 Å². The third kappa shape index (κ3) is 8.64. The van der Waals surface area contributed by atoms with E-state index in [0.29, 0.717) is 12.3 Å². The maximum atomic E-state index is 13.1. The van der Waals surface area contributed by atoms with Crippen LogP contribution in [0, 0.1) is 3.57 Å². The molecule has 0 bridgehead atoms. The van der Waals surface area contributed by atoms with Crippen LogP contribution in [0.15, 0.2) is 109 Å². The lowest BCUT2D eigenvalue weighted by Crippen LogP contribution is -2.45. The van der Waals surface area contributed by atoms with E-state index in [1.165, 1.54) is 0 Å². The van der Waals surface area contributed by atoms with Crippen molar-refractivity contribution in [3.05, 3.63) is 129 Å². The fourth-order valence-electron chi connectivity index (χ4n) is 3.58. The Balaban J connectivity index is 1.40. The first-order valence-electron chi connectivity index (χ1n) is 11.8. The molecule has 7 heteroatoms. The van der Waals surface area contributed by atoms with Gasteiger partial charge in [-0.1, -0.05) is 72.8 Å². The minimum Gasteiger partial charge on any atom is -0.489 e. The molecule has 37 heavy (non-hydrogen) atoms. The van der Waals surface area contributed by atoms with Crippen molar-refractivity contribution < 1.29 is 19.1 Å². The molecule has 0 spiro atoms. The molecule has 2 N–H and O–H groups in total. The third-order valence-corrected chi connectivity index (χ3v) is 6.26. The van der Waals surface area contributed by atoms with Gasteiger partial charge in [0, 0.05) is 15.7 Å². The third-order valence-electron chi connectivity index (χ3n) is 5.54. The summed E-state index contributed by atoms with van der Waals surface area (Å²) in [6.07, 6.45) is -0.371. The predicted molar refractivity (Wildman–Crippen MR) is 152 cm³/mol. The van der Waals surface area contributed by atoms with Crippen molar-refractivity contribution in [3.8, 4) is 5.75 Å². The molecule has 0 saturated carbocycles. The number of nitrogens with one attached hydrogen (secondary N) is 2. The van der Waals surface area contributed by atoms with Gasteiger partial charge >= 0.3 is 6.09 Å². The molecule has 4 rings (SSSR count). The maximum Gasteiger partial charge on any atom is 0.408 e. The Morgan fingerprint density at radius 1 is 0.703 bits per heavy atom. The number of benzene rings is 4. The standard InChI is InChI=1S/C30H27IN2O4/c31-25-13-15-26(16-14-25)32-29(34)28(33-30(35)37-21-24-9-5-2-6-10-24)19-22-11-17-27(18-12-22)36-20-23-7-3-1-4-8-23/h1-18,28H,19-21H2,(H,32,34)(H,33,35)/t28-/m0/s1. The minimum absolute atomic E-state index is 0.117. The molecule has 0 aliphatic rings. The average Bonchev–Trinajstić information content (AvgIpc) is 2.93. The Morgan fingerprint density at radius 3 is 1.92 bits per heavy atom. The number of hydrogen-bond donors (Lipinski definition) is 2. The smallest absolute Gasteiger partial charge is 0.408 e. The zero-order valence-corrected chi connectivity index (χ0v) is 22.3. The van der Waals surface area contributed by atoms with E-state index < -0.39 is 12.1 Å². The molecule has 6 nitrogen and oxygen atoms in total. The lowest BCUT2D eigenvalue weighted by Gasteiger charge is -2.19. The van der Waals surface area contributed by atoms with Crippen LogP contribution in [-0.4, -0.2) is 18.0 Å². The van der Waals surface area contributed by atoms with Crippen LogP contribution >= 0.6 is 22.6 Å². The molecule has 2 amide bonds. The van der Waals surface area contributed by atoms with E-state index in [-0.39, 0.29) is 18.9 Å². The molecule has 1 atom stereocenters. The van der Waals surface area contributed by atoms with E-state index in [2.05, 4.69) is 33.2 Å². The highest BCUT2D eigenvalue weighted by atomic mass is 127. The van der Waals surface area contributed by atoms with Gasteiger partial charge in [0.15, 0.2) is 0 Å². The van der Waals surface area contributed by atoms with Crippen LogP contribution in [0.4, 0.5) is 10.5 Å². The van der Waals surface area contributed by atoms with Crippen LogP contribution in [0.25, 0.3) is 0 Å². The van der Waals surface area contributed by atoms with E-state index in [1.807, 2.05) is 109 Å². The zero-order chi connectivity index (χ0) is 25.9. The van der Waals surface area contributed by atoms with Gasteiger partial charge in [-0.3, -0.25) is 4.79 Å². The molecular weight excluding hydrogens is 579 g/mol. The minimum atomic E-state index is -0.835. The summed E-state index contributed by atoms with van der Waals surface area (Å²) in [5.74, 6) is 0.394. The van der Waals surface area contributed by atoms with E-state index in [0.717, 1.165) is 26.0 Å². The van der Waals surface area contributed by atoms with Crippen molar-refractivity contribution in [2.75, 3.05) is 5.32 Å². The van der Waals surface area contributed by atoms with Gasteiger partial charge in [0.2, 0.25) is 5.91 Å². The average molecular weight is 606 g/mol.